The Morgan fingerprint density at radius 1 is 1.18 bits per heavy atom. The maximum Gasteiger partial charge on any atom is 0.161 e. The molecule has 88 valence electrons. The van der Waals surface area contributed by atoms with Crippen molar-refractivity contribution in [2.75, 3.05) is 6.61 Å². The van der Waals surface area contributed by atoms with Gasteiger partial charge in [-0.1, -0.05) is 12.1 Å². The second-order valence-corrected chi connectivity index (χ2v) is 4.00. The first-order valence-electron chi connectivity index (χ1n) is 5.51. The molecule has 1 aliphatic heterocycles. The molecule has 0 bridgehead atoms. The van der Waals surface area contributed by atoms with E-state index in [9.17, 15) is 0 Å². The average Bonchev–Trinajstić information content (AvgIpc) is 2.91. The number of hydrogen-bond donors (Lipinski definition) is 1. The van der Waals surface area contributed by atoms with Crippen LogP contribution in [-0.2, 0) is 0 Å². The fraction of sp³-hybridized carbons (Fsp3) is 0.231. The number of rotatable bonds is 2. The molecule has 2 N–H and O–H groups in total. The van der Waals surface area contributed by atoms with E-state index in [4.69, 9.17) is 19.6 Å². The number of furan rings is 1. The van der Waals surface area contributed by atoms with E-state index < -0.39 is 0 Å². The van der Waals surface area contributed by atoms with Crippen LogP contribution < -0.4 is 15.2 Å². The lowest BCUT2D eigenvalue weighted by molar-refractivity contribution is 0.0720. The van der Waals surface area contributed by atoms with Crippen LogP contribution in [-0.4, -0.2) is 12.7 Å². The lowest BCUT2D eigenvalue weighted by atomic mass is 10.1. The fourth-order valence-corrected chi connectivity index (χ4v) is 1.89. The number of fused-ring (bicyclic) bond motifs is 1. The van der Waals surface area contributed by atoms with Gasteiger partial charge in [-0.25, -0.2) is 0 Å². The normalized spacial score (nSPS) is 19.9. The smallest absolute Gasteiger partial charge is 0.161 e. The minimum absolute atomic E-state index is 0.192. The van der Waals surface area contributed by atoms with E-state index in [1.54, 1.807) is 12.5 Å². The summed E-state index contributed by atoms with van der Waals surface area (Å²) in [5.74, 6) is 1.51. The van der Waals surface area contributed by atoms with Crippen molar-refractivity contribution in [1.82, 2.24) is 0 Å². The molecule has 2 unspecified atom stereocenters. The molecule has 2 aromatic rings. The van der Waals surface area contributed by atoms with Gasteiger partial charge in [0, 0.05) is 5.56 Å². The summed E-state index contributed by atoms with van der Waals surface area (Å²) in [5, 5.41) is 0. The molecule has 1 aromatic carbocycles. The molecule has 4 heteroatoms. The molecule has 0 saturated carbocycles. The zero-order chi connectivity index (χ0) is 11.7. The summed E-state index contributed by atoms with van der Waals surface area (Å²) >= 11 is 0. The predicted octanol–water partition coefficient (Wildman–Crippen LogP) is 2.12. The third-order valence-electron chi connectivity index (χ3n) is 2.86. The summed E-state index contributed by atoms with van der Waals surface area (Å²) in [7, 11) is 0. The molecule has 1 aromatic heterocycles. The van der Waals surface area contributed by atoms with Gasteiger partial charge in [-0.05, 0) is 18.2 Å². The third-order valence-corrected chi connectivity index (χ3v) is 2.86. The van der Waals surface area contributed by atoms with E-state index >= 15 is 0 Å². The molecule has 0 amide bonds. The number of ether oxygens (including phenoxy) is 2. The molecule has 3 rings (SSSR count). The van der Waals surface area contributed by atoms with Gasteiger partial charge in [0.15, 0.2) is 17.6 Å². The van der Waals surface area contributed by atoms with Crippen molar-refractivity contribution in [2.45, 2.75) is 12.1 Å². The SMILES string of the molecule is NC(c1ccoc1)C1COc2ccccc2O1. The standard InChI is InChI=1S/C13H13NO3/c14-13(9-5-6-15-7-9)12-8-16-10-3-1-2-4-11(10)17-12/h1-7,12-13H,8,14H2. The molecule has 1 aliphatic rings. The number of hydrogen-bond acceptors (Lipinski definition) is 4. The zero-order valence-electron chi connectivity index (χ0n) is 9.21. The first-order valence-corrected chi connectivity index (χ1v) is 5.51. The van der Waals surface area contributed by atoms with E-state index in [-0.39, 0.29) is 12.1 Å². The largest absolute Gasteiger partial charge is 0.486 e. The van der Waals surface area contributed by atoms with Crippen molar-refractivity contribution < 1.29 is 13.9 Å². The monoisotopic (exact) mass is 231 g/mol. The van der Waals surface area contributed by atoms with Gasteiger partial charge in [0.2, 0.25) is 0 Å². The molecule has 0 saturated heterocycles. The second-order valence-electron chi connectivity index (χ2n) is 4.00. The third kappa shape index (κ3) is 1.87. The van der Waals surface area contributed by atoms with Crippen LogP contribution >= 0.6 is 0 Å². The van der Waals surface area contributed by atoms with Crippen LogP contribution in [0.3, 0.4) is 0 Å². The van der Waals surface area contributed by atoms with Crippen LogP contribution in [0.2, 0.25) is 0 Å². The highest BCUT2D eigenvalue weighted by atomic mass is 16.6. The first kappa shape index (κ1) is 10.2. The van der Waals surface area contributed by atoms with Crippen LogP contribution in [0.5, 0.6) is 11.5 Å². The van der Waals surface area contributed by atoms with Crippen molar-refractivity contribution in [2.24, 2.45) is 5.73 Å². The Morgan fingerprint density at radius 2 is 2.00 bits per heavy atom. The summed E-state index contributed by atoms with van der Waals surface area (Å²) in [6.45, 7) is 0.448. The van der Waals surface area contributed by atoms with Gasteiger partial charge in [0.25, 0.3) is 0 Å². The van der Waals surface area contributed by atoms with Crippen LogP contribution in [0.1, 0.15) is 11.6 Å². The van der Waals surface area contributed by atoms with E-state index in [1.807, 2.05) is 30.3 Å². The van der Waals surface area contributed by atoms with Crippen molar-refractivity contribution in [3.63, 3.8) is 0 Å². The first-order chi connectivity index (χ1) is 8.34. The van der Waals surface area contributed by atoms with E-state index in [0.717, 1.165) is 17.1 Å². The van der Waals surface area contributed by atoms with E-state index in [0.29, 0.717) is 6.61 Å². The molecular weight excluding hydrogens is 218 g/mol. The number of para-hydroxylation sites is 2. The molecule has 4 nitrogen and oxygen atoms in total. The fourth-order valence-electron chi connectivity index (χ4n) is 1.89. The Hall–Kier alpha value is -1.94. The van der Waals surface area contributed by atoms with Gasteiger partial charge in [-0.3, -0.25) is 0 Å². The van der Waals surface area contributed by atoms with Crippen LogP contribution in [0.4, 0.5) is 0 Å². The predicted molar refractivity (Wildman–Crippen MR) is 62.0 cm³/mol. The van der Waals surface area contributed by atoms with Crippen LogP contribution in [0.15, 0.2) is 47.3 Å². The molecule has 0 aliphatic carbocycles. The van der Waals surface area contributed by atoms with Crippen LogP contribution in [0.25, 0.3) is 0 Å². The Labute approximate surface area is 98.9 Å². The maximum atomic E-state index is 6.11. The van der Waals surface area contributed by atoms with Crippen molar-refractivity contribution in [3.05, 3.63) is 48.4 Å². The molecule has 0 spiro atoms. The number of benzene rings is 1. The van der Waals surface area contributed by atoms with Crippen molar-refractivity contribution >= 4 is 0 Å². The molecule has 0 fully saturated rings. The maximum absolute atomic E-state index is 6.11. The lowest BCUT2D eigenvalue weighted by Gasteiger charge is -2.29. The molecule has 2 atom stereocenters. The summed E-state index contributed by atoms with van der Waals surface area (Å²) < 4.78 is 16.5. The summed E-state index contributed by atoms with van der Waals surface area (Å²) in [6.07, 6.45) is 3.05. The summed E-state index contributed by atoms with van der Waals surface area (Å²) in [6, 6.07) is 9.18. The van der Waals surface area contributed by atoms with Gasteiger partial charge >= 0.3 is 0 Å². The van der Waals surface area contributed by atoms with Gasteiger partial charge in [-0.2, -0.15) is 0 Å². The van der Waals surface area contributed by atoms with Gasteiger partial charge in [-0.15, -0.1) is 0 Å². The zero-order valence-corrected chi connectivity index (χ0v) is 9.21. The Morgan fingerprint density at radius 3 is 2.76 bits per heavy atom. The summed E-state index contributed by atoms with van der Waals surface area (Å²) in [4.78, 5) is 0. The Bertz CT molecular complexity index is 495. The number of nitrogens with two attached hydrogens (primary N) is 1. The van der Waals surface area contributed by atoms with Gasteiger partial charge in [0.05, 0.1) is 18.6 Å². The topological polar surface area (TPSA) is 57.6 Å². The van der Waals surface area contributed by atoms with E-state index in [1.165, 1.54) is 0 Å². The molecule has 2 heterocycles. The molecule has 0 radical (unpaired) electrons. The second kappa shape index (κ2) is 4.14. The lowest BCUT2D eigenvalue weighted by Crippen LogP contribution is -2.38. The average molecular weight is 231 g/mol. The van der Waals surface area contributed by atoms with Crippen molar-refractivity contribution in [3.8, 4) is 11.5 Å². The van der Waals surface area contributed by atoms with E-state index in [2.05, 4.69) is 0 Å². The minimum Gasteiger partial charge on any atom is -0.486 e. The van der Waals surface area contributed by atoms with Gasteiger partial charge < -0.3 is 19.6 Å². The highest BCUT2D eigenvalue weighted by Crippen LogP contribution is 2.33. The van der Waals surface area contributed by atoms with Crippen molar-refractivity contribution in [1.29, 1.82) is 0 Å². The summed E-state index contributed by atoms with van der Waals surface area (Å²) in [5.41, 5.74) is 7.02. The van der Waals surface area contributed by atoms with Gasteiger partial charge in [0.1, 0.15) is 6.61 Å². The quantitative estimate of drug-likeness (QED) is 0.860. The molecular formula is C13H13NO3. The molecule has 17 heavy (non-hydrogen) atoms. The highest BCUT2D eigenvalue weighted by Gasteiger charge is 2.27. The highest BCUT2D eigenvalue weighted by molar-refractivity contribution is 5.41. The Kier molecular flexibility index (Phi) is 2.49. The Balaban J connectivity index is 1.80. The minimum atomic E-state index is -0.248. The van der Waals surface area contributed by atoms with Crippen LogP contribution in [0, 0.1) is 0 Å².